The summed E-state index contributed by atoms with van der Waals surface area (Å²) in [5.41, 5.74) is 5.13. The van der Waals surface area contributed by atoms with Crippen LogP contribution in [0.15, 0.2) is 0 Å². The number of nitriles is 1. The number of carbonyl (C=O) groups is 2. The van der Waals surface area contributed by atoms with Crippen LogP contribution in [0.5, 0.6) is 0 Å². The summed E-state index contributed by atoms with van der Waals surface area (Å²) in [4.78, 5) is 24.1. The Morgan fingerprint density at radius 1 is 1.53 bits per heavy atom. The highest BCUT2D eigenvalue weighted by Crippen LogP contribution is 2.22. The summed E-state index contributed by atoms with van der Waals surface area (Å²) < 4.78 is 0. The third-order valence-electron chi connectivity index (χ3n) is 2.70. The van der Waals surface area contributed by atoms with Crippen LogP contribution in [0.4, 0.5) is 0 Å². The monoisotopic (exact) mass is 209 g/mol. The summed E-state index contributed by atoms with van der Waals surface area (Å²) in [5, 5.41) is 8.85. The molecule has 0 aromatic carbocycles. The fraction of sp³-hybridized carbons (Fsp3) is 0.700. The number of hydrogen-bond donors (Lipinski definition) is 1. The molecule has 1 rings (SSSR count). The van der Waals surface area contributed by atoms with Gasteiger partial charge >= 0.3 is 0 Å². The molecule has 1 saturated heterocycles. The number of carbonyl (C=O) groups excluding carboxylic acids is 2. The lowest BCUT2D eigenvalue weighted by molar-refractivity contribution is -0.148. The molecule has 2 N–H and O–H groups in total. The molecule has 0 radical (unpaired) electrons. The molecule has 5 nitrogen and oxygen atoms in total. The van der Waals surface area contributed by atoms with Crippen LogP contribution >= 0.6 is 0 Å². The van der Waals surface area contributed by atoms with E-state index in [9.17, 15) is 9.59 Å². The Morgan fingerprint density at radius 2 is 2.13 bits per heavy atom. The van der Waals surface area contributed by atoms with Gasteiger partial charge < -0.3 is 10.6 Å². The quantitative estimate of drug-likeness (QED) is 0.702. The van der Waals surface area contributed by atoms with Gasteiger partial charge in [-0.1, -0.05) is 13.8 Å². The number of primary amides is 1. The van der Waals surface area contributed by atoms with Crippen LogP contribution in [0.3, 0.4) is 0 Å². The van der Waals surface area contributed by atoms with Gasteiger partial charge in [-0.15, -0.1) is 0 Å². The highest BCUT2D eigenvalue weighted by molar-refractivity contribution is 5.90. The second-order valence-electron chi connectivity index (χ2n) is 4.09. The van der Waals surface area contributed by atoms with E-state index in [1.165, 1.54) is 4.90 Å². The average molecular weight is 209 g/mol. The fourth-order valence-electron chi connectivity index (χ4n) is 1.62. The van der Waals surface area contributed by atoms with Crippen molar-refractivity contribution in [2.75, 3.05) is 6.54 Å². The lowest BCUT2D eigenvalue weighted by Gasteiger charge is -2.40. The van der Waals surface area contributed by atoms with Crippen molar-refractivity contribution in [1.29, 1.82) is 5.26 Å². The lowest BCUT2D eigenvalue weighted by atomic mass is 9.92. The molecule has 15 heavy (non-hydrogen) atoms. The van der Waals surface area contributed by atoms with Gasteiger partial charge in [0.05, 0.1) is 6.07 Å². The largest absolute Gasteiger partial charge is 0.368 e. The molecule has 0 bridgehead atoms. The van der Waals surface area contributed by atoms with Gasteiger partial charge in [0.2, 0.25) is 11.8 Å². The molecule has 1 heterocycles. The molecule has 82 valence electrons. The predicted molar refractivity (Wildman–Crippen MR) is 53.3 cm³/mol. The molecule has 0 aliphatic carbocycles. The fourth-order valence-corrected chi connectivity index (χ4v) is 1.62. The van der Waals surface area contributed by atoms with Gasteiger partial charge in [0, 0.05) is 6.54 Å². The molecule has 1 aliphatic heterocycles. The second kappa shape index (κ2) is 4.30. The van der Waals surface area contributed by atoms with Gasteiger partial charge in [-0.3, -0.25) is 9.59 Å². The maximum atomic E-state index is 11.8. The molecule has 5 heteroatoms. The molecule has 0 aromatic heterocycles. The second-order valence-corrected chi connectivity index (χ2v) is 4.09. The van der Waals surface area contributed by atoms with Crippen molar-refractivity contribution in [3.05, 3.63) is 0 Å². The Labute approximate surface area is 88.8 Å². The molecular formula is C10H15N3O2. The summed E-state index contributed by atoms with van der Waals surface area (Å²) in [6, 6.07) is 1.46. The first-order chi connectivity index (χ1) is 6.99. The normalized spacial score (nSPS) is 21.7. The SMILES string of the molecule is CC(C)C(C#N)C(=O)N1CCC1C(N)=O. The standard InChI is InChI=1S/C10H15N3O2/c1-6(2)7(5-11)10(15)13-4-3-8(13)9(12)14/h6-8H,3-4H2,1-2H3,(H2,12,14). The zero-order chi connectivity index (χ0) is 11.6. The van der Waals surface area contributed by atoms with Gasteiger partial charge in [0.15, 0.2) is 0 Å². The van der Waals surface area contributed by atoms with Crippen molar-refractivity contribution < 1.29 is 9.59 Å². The van der Waals surface area contributed by atoms with Crippen molar-refractivity contribution in [2.45, 2.75) is 26.3 Å². The maximum absolute atomic E-state index is 11.8. The van der Waals surface area contributed by atoms with Crippen molar-refractivity contribution in [3.8, 4) is 6.07 Å². The topological polar surface area (TPSA) is 87.2 Å². The van der Waals surface area contributed by atoms with E-state index in [4.69, 9.17) is 11.0 Å². The average Bonchev–Trinajstić information content (AvgIpc) is 2.00. The summed E-state index contributed by atoms with van der Waals surface area (Å²) in [6.07, 6.45) is 0.608. The number of nitrogens with two attached hydrogens (primary N) is 1. The number of rotatable bonds is 3. The highest BCUT2D eigenvalue weighted by Gasteiger charge is 2.39. The van der Waals surface area contributed by atoms with E-state index in [1.54, 1.807) is 0 Å². The number of nitrogens with zero attached hydrogens (tertiary/aromatic N) is 2. The van der Waals surface area contributed by atoms with E-state index in [-0.39, 0.29) is 11.8 Å². The molecule has 1 aliphatic rings. The zero-order valence-electron chi connectivity index (χ0n) is 8.93. The zero-order valence-corrected chi connectivity index (χ0v) is 8.93. The van der Waals surface area contributed by atoms with Crippen molar-refractivity contribution >= 4 is 11.8 Å². The third kappa shape index (κ3) is 2.09. The van der Waals surface area contributed by atoms with Gasteiger partial charge in [-0.2, -0.15) is 5.26 Å². The van der Waals surface area contributed by atoms with E-state index in [1.807, 2.05) is 19.9 Å². The van der Waals surface area contributed by atoms with Crippen LogP contribution < -0.4 is 5.73 Å². The van der Waals surface area contributed by atoms with E-state index < -0.39 is 17.9 Å². The number of amides is 2. The van der Waals surface area contributed by atoms with Gasteiger partial charge in [0.1, 0.15) is 12.0 Å². The minimum absolute atomic E-state index is 0.0448. The van der Waals surface area contributed by atoms with Crippen LogP contribution in [0.1, 0.15) is 20.3 Å². The first kappa shape index (κ1) is 11.5. The molecule has 2 amide bonds. The minimum Gasteiger partial charge on any atom is -0.368 e. The third-order valence-corrected chi connectivity index (χ3v) is 2.70. The predicted octanol–water partition coefficient (Wildman–Crippen LogP) is -0.132. The Morgan fingerprint density at radius 3 is 2.40 bits per heavy atom. The number of hydrogen-bond acceptors (Lipinski definition) is 3. The minimum atomic E-state index is -0.674. The van der Waals surface area contributed by atoms with E-state index >= 15 is 0 Å². The van der Waals surface area contributed by atoms with Gasteiger partial charge in [-0.25, -0.2) is 0 Å². The molecule has 2 unspecified atom stereocenters. The molecule has 2 atom stereocenters. The van der Waals surface area contributed by atoms with Crippen molar-refractivity contribution in [1.82, 2.24) is 4.90 Å². The highest BCUT2D eigenvalue weighted by atomic mass is 16.2. The van der Waals surface area contributed by atoms with Crippen LogP contribution in [0, 0.1) is 23.2 Å². The smallest absolute Gasteiger partial charge is 0.240 e. The summed E-state index contributed by atoms with van der Waals surface area (Å²) >= 11 is 0. The van der Waals surface area contributed by atoms with Crippen molar-refractivity contribution in [2.24, 2.45) is 17.6 Å². The Bertz CT molecular complexity index is 319. The van der Waals surface area contributed by atoms with Gasteiger partial charge in [-0.05, 0) is 12.3 Å². The Hall–Kier alpha value is -1.57. The Kier molecular flexibility index (Phi) is 3.30. The summed E-state index contributed by atoms with van der Waals surface area (Å²) in [7, 11) is 0. The molecule has 0 spiro atoms. The van der Waals surface area contributed by atoms with Crippen LogP contribution in [0.25, 0.3) is 0 Å². The molecular weight excluding hydrogens is 194 g/mol. The first-order valence-electron chi connectivity index (χ1n) is 4.98. The summed E-state index contributed by atoms with van der Waals surface area (Å²) in [6.45, 7) is 4.15. The van der Waals surface area contributed by atoms with E-state index in [2.05, 4.69) is 0 Å². The lowest BCUT2D eigenvalue weighted by Crippen LogP contribution is -2.59. The first-order valence-corrected chi connectivity index (χ1v) is 4.98. The van der Waals surface area contributed by atoms with E-state index in [0.29, 0.717) is 13.0 Å². The molecule has 1 fully saturated rings. The molecule has 0 aromatic rings. The summed E-state index contributed by atoms with van der Waals surface area (Å²) in [5.74, 6) is -1.48. The number of likely N-dealkylation sites (tertiary alicyclic amines) is 1. The van der Waals surface area contributed by atoms with Crippen LogP contribution in [-0.2, 0) is 9.59 Å². The van der Waals surface area contributed by atoms with Gasteiger partial charge in [0.25, 0.3) is 0 Å². The van der Waals surface area contributed by atoms with Crippen molar-refractivity contribution in [3.63, 3.8) is 0 Å². The van der Waals surface area contributed by atoms with Crippen LogP contribution in [-0.4, -0.2) is 29.3 Å². The van der Waals surface area contributed by atoms with Crippen LogP contribution in [0.2, 0.25) is 0 Å². The Balaban J connectivity index is 2.69. The molecule has 0 saturated carbocycles. The maximum Gasteiger partial charge on any atom is 0.240 e. The van der Waals surface area contributed by atoms with E-state index in [0.717, 1.165) is 0 Å².